The highest BCUT2D eigenvalue weighted by Gasteiger charge is 2.27. The second-order valence-electron chi connectivity index (χ2n) is 4.15. The van der Waals surface area contributed by atoms with Crippen LogP contribution in [0.5, 0.6) is 0 Å². The monoisotopic (exact) mass is 270 g/mol. The molecule has 0 radical (unpaired) electrons. The summed E-state index contributed by atoms with van der Waals surface area (Å²) in [5, 5.41) is -0.217. The largest absolute Gasteiger partial charge is 0.270 e. The van der Waals surface area contributed by atoms with E-state index in [1.165, 1.54) is 0 Å². The van der Waals surface area contributed by atoms with Gasteiger partial charge in [-0.25, -0.2) is 8.42 Å². The fourth-order valence-electron chi connectivity index (χ4n) is 1.88. The SMILES string of the molecule is CS(=O)(=O)OCCCS(=O)(=O)C1CCCC1. The molecule has 1 saturated carbocycles. The van der Waals surface area contributed by atoms with Gasteiger partial charge in [0.2, 0.25) is 0 Å². The molecule has 0 spiro atoms. The van der Waals surface area contributed by atoms with Gasteiger partial charge in [0, 0.05) is 0 Å². The van der Waals surface area contributed by atoms with E-state index in [-0.39, 0.29) is 24.0 Å². The van der Waals surface area contributed by atoms with Crippen molar-refractivity contribution in [2.45, 2.75) is 37.4 Å². The Bertz CT molecular complexity index is 403. The first kappa shape index (κ1) is 13.9. The second-order valence-corrected chi connectivity index (χ2v) is 8.20. The van der Waals surface area contributed by atoms with E-state index in [4.69, 9.17) is 0 Å². The van der Waals surface area contributed by atoms with Crippen LogP contribution in [0.2, 0.25) is 0 Å². The van der Waals surface area contributed by atoms with Crippen LogP contribution in [0.3, 0.4) is 0 Å². The lowest BCUT2D eigenvalue weighted by Crippen LogP contribution is -2.22. The van der Waals surface area contributed by atoms with Crippen LogP contribution in [-0.4, -0.2) is 40.7 Å². The van der Waals surface area contributed by atoms with E-state index in [1.54, 1.807) is 0 Å². The lowest BCUT2D eigenvalue weighted by molar-refractivity contribution is 0.321. The highest BCUT2D eigenvalue weighted by atomic mass is 32.2. The Morgan fingerprint density at radius 3 is 2.19 bits per heavy atom. The van der Waals surface area contributed by atoms with Crippen molar-refractivity contribution in [3.8, 4) is 0 Å². The number of rotatable bonds is 6. The van der Waals surface area contributed by atoms with Gasteiger partial charge in [-0.15, -0.1) is 0 Å². The third-order valence-electron chi connectivity index (χ3n) is 2.68. The molecule has 16 heavy (non-hydrogen) atoms. The predicted molar refractivity (Wildman–Crippen MR) is 61.5 cm³/mol. The standard InChI is InChI=1S/C9H18O5S2/c1-15(10,11)14-7-4-8-16(12,13)9-5-2-3-6-9/h9H,2-8H2,1H3. The van der Waals surface area contributed by atoms with Crippen LogP contribution in [0.1, 0.15) is 32.1 Å². The van der Waals surface area contributed by atoms with Crippen LogP contribution in [0, 0.1) is 0 Å². The van der Waals surface area contributed by atoms with E-state index >= 15 is 0 Å². The van der Waals surface area contributed by atoms with Gasteiger partial charge in [0.1, 0.15) is 0 Å². The summed E-state index contributed by atoms with van der Waals surface area (Å²) < 4.78 is 49.3. The van der Waals surface area contributed by atoms with Gasteiger partial charge in [-0.3, -0.25) is 4.18 Å². The van der Waals surface area contributed by atoms with Gasteiger partial charge < -0.3 is 0 Å². The van der Waals surface area contributed by atoms with Gasteiger partial charge in [-0.2, -0.15) is 8.42 Å². The molecule has 0 bridgehead atoms. The van der Waals surface area contributed by atoms with Crippen LogP contribution in [0.25, 0.3) is 0 Å². The van der Waals surface area contributed by atoms with Gasteiger partial charge in [-0.05, 0) is 19.3 Å². The lowest BCUT2D eigenvalue weighted by Gasteiger charge is -2.10. The van der Waals surface area contributed by atoms with Crippen molar-refractivity contribution >= 4 is 20.0 Å². The van der Waals surface area contributed by atoms with Crippen molar-refractivity contribution in [2.75, 3.05) is 18.6 Å². The molecule has 5 nitrogen and oxygen atoms in total. The zero-order chi connectivity index (χ0) is 12.2. The summed E-state index contributed by atoms with van der Waals surface area (Å²) in [6, 6.07) is 0. The van der Waals surface area contributed by atoms with Crippen molar-refractivity contribution < 1.29 is 21.0 Å². The van der Waals surface area contributed by atoms with E-state index in [2.05, 4.69) is 4.18 Å². The summed E-state index contributed by atoms with van der Waals surface area (Å²) in [4.78, 5) is 0. The molecule has 96 valence electrons. The molecule has 0 aliphatic heterocycles. The average molecular weight is 270 g/mol. The van der Waals surface area contributed by atoms with Crippen LogP contribution in [0.4, 0.5) is 0 Å². The maximum atomic E-state index is 11.8. The molecular weight excluding hydrogens is 252 g/mol. The molecule has 0 unspecified atom stereocenters. The maximum Gasteiger partial charge on any atom is 0.264 e. The molecule has 7 heteroatoms. The Hall–Kier alpha value is -0.140. The normalized spacial score (nSPS) is 19.1. The zero-order valence-electron chi connectivity index (χ0n) is 9.38. The number of hydrogen-bond acceptors (Lipinski definition) is 5. The summed E-state index contributed by atoms with van der Waals surface area (Å²) in [5.41, 5.74) is 0. The summed E-state index contributed by atoms with van der Waals surface area (Å²) in [6.45, 7) is -0.0508. The van der Waals surface area contributed by atoms with Crippen molar-refractivity contribution in [1.82, 2.24) is 0 Å². The minimum Gasteiger partial charge on any atom is -0.270 e. The molecule has 0 aromatic rings. The van der Waals surface area contributed by atoms with Crippen LogP contribution >= 0.6 is 0 Å². The molecule has 0 N–H and O–H groups in total. The zero-order valence-corrected chi connectivity index (χ0v) is 11.0. The number of sulfone groups is 1. The molecule has 0 aromatic carbocycles. The third kappa shape index (κ3) is 4.80. The minimum absolute atomic E-state index is 0.0210. The molecule has 1 aliphatic carbocycles. The summed E-state index contributed by atoms with van der Waals surface area (Å²) in [6.07, 6.45) is 4.64. The van der Waals surface area contributed by atoms with E-state index < -0.39 is 20.0 Å². The highest BCUT2D eigenvalue weighted by Crippen LogP contribution is 2.25. The fraction of sp³-hybridized carbons (Fsp3) is 1.00. The fourth-order valence-corrected chi connectivity index (χ4v) is 4.21. The molecule has 1 aliphatic rings. The van der Waals surface area contributed by atoms with E-state index in [1.807, 2.05) is 0 Å². The third-order valence-corrected chi connectivity index (χ3v) is 5.62. The van der Waals surface area contributed by atoms with Gasteiger partial charge in [0.15, 0.2) is 9.84 Å². The summed E-state index contributed by atoms with van der Waals surface area (Å²) in [7, 11) is -6.51. The Balaban J connectivity index is 2.31. The predicted octanol–water partition coefficient (Wildman–Crippen LogP) is 0.710. The van der Waals surface area contributed by atoms with E-state index in [9.17, 15) is 16.8 Å². The molecule has 1 rings (SSSR count). The summed E-state index contributed by atoms with van der Waals surface area (Å²) in [5.74, 6) is 0.0210. The molecule has 1 fully saturated rings. The van der Waals surface area contributed by atoms with Gasteiger partial charge >= 0.3 is 0 Å². The Morgan fingerprint density at radius 1 is 1.12 bits per heavy atom. The van der Waals surface area contributed by atoms with Crippen LogP contribution < -0.4 is 0 Å². The van der Waals surface area contributed by atoms with Gasteiger partial charge in [0.25, 0.3) is 10.1 Å². The van der Waals surface area contributed by atoms with Gasteiger partial charge in [-0.1, -0.05) is 12.8 Å². The molecule has 0 amide bonds. The van der Waals surface area contributed by atoms with Crippen molar-refractivity contribution in [1.29, 1.82) is 0 Å². The second kappa shape index (κ2) is 5.46. The van der Waals surface area contributed by atoms with E-state index in [0.717, 1.165) is 31.9 Å². The molecule has 0 aromatic heterocycles. The molecular formula is C9H18O5S2. The Labute approximate surface area is 97.2 Å². The number of hydrogen-bond donors (Lipinski definition) is 0. The molecule has 0 atom stereocenters. The topological polar surface area (TPSA) is 77.5 Å². The van der Waals surface area contributed by atoms with Crippen molar-refractivity contribution in [3.63, 3.8) is 0 Å². The van der Waals surface area contributed by atoms with Gasteiger partial charge in [0.05, 0.1) is 23.9 Å². The Morgan fingerprint density at radius 2 is 1.69 bits per heavy atom. The van der Waals surface area contributed by atoms with Crippen molar-refractivity contribution in [3.05, 3.63) is 0 Å². The smallest absolute Gasteiger partial charge is 0.264 e. The lowest BCUT2D eigenvalue weighted by atomic mass is 10.4. The minimum atomic E-state index is -3.46. The van der Waals surface area contributed by atoms with Crippen LogP contribution in [0.15, 0.2) is 0 Å². The maximum absolute atomic E-state index is 11.8. The quantitative estimate of drug-likeness (QED) is 0.525. The first-order valence-electron chi connectivity index (χ1n) is 5.37. The Kier molecular flexibility index (Phi) is 4.75. The van der Waals surface area contributed by atoms with E-state index in [0.29, 0.717) is 0 Å². The molecule has 0 heterocycles. The van der Waals surface area contributed by atoms with Crippen molar-refractivity contribution in [2.24, 2.45) is 0 Å². The summed E-state index contributed by atoms with van der Waals surface area (Å²) >= 11 is 0. The highest BCUT2D eigenvalue weighted by molar-refractivity contribution is 7.92. The molecule has 0 saturated heterocycles. The average Bonchev–Trinajstić information content (AvgIpc) is 2.64. The first-order valence-corrected chi connectivity index (χ1v) is 8.90. The first-order chi connectivity index (χ1) is 7.31. The van der Waals surface area contributed by atoms with Crippen LogP contribution in [-0.2, 0) is 24.1 Å².